The summed E-state index contributed by atoms with van der Waals surface area (Å²) in [6, 6.07) is 20.7. The molecule has 22 heavy (non-hydrogen) atoms. The van der Waals surface area contributed by atoms with E-state index in [0.29, 0.717) is 0 Å². The van der Waals surface area contributed by atoms with Gasteiger partial charge in [0.05, 0.1) is 5.70 Å². The molecular weight excluding hydrogens is 290 g/mol. The molecule has 0 saturated heterocycles. The molecule has 112 valence electrons. The Morgan fingerprint density at radius 3 is 2.36 bits per heavy atom. The molecule has 2 aromatic rings. The SMILES string of the molecule is CC1=C(c2ccccc2)N(NCc2ccccc2)C(C=S)N1. The number of allylic oxidation sites excluding steroid dienone is 1. The summed E-state index contributed by atoms with van der Waals surface area (Å²) < 4.78 is 0. The Morgan fingerprint density at radius 1 is 1.09 bits per heavy atom. The summed E-state index contributed by atoms with van der Waals surface area (Å²) in [7, 11) is 0. The predicted octanol–water partition coefficient (Wildman–Crippen LogP) is 3.31. The first-order valence-electron chi connectivity index (χ1n) is 7.34. The Kier molecular flexibility index (Phi) is 4.51. The van der Waals surface area contributed by atoms with Gasteiger partial charge in [-0.25, -0.2) is 5.43 Å². The molecule has 3 nitrogen and oxygen atoms in total. The molecule has 0 aromatic heterocycles. The Hall–Kier alpha value is -2.17. The van der Waals surface area contributed by atoms with Gasteiger partial charge in [-0.1, -0.05) is 72.9 Å². The van der Waals surface area contributed by atoms with E-state index in [9.17, 15) is 0 Å². The summed E-state index contributed by atoms with van der Waals surface area (Å²) in [4.78, 5) is 0. The normalized spacial score (nSPS) is 17.5. The van der Waals surface area contributed by atoms with Gasteiger partial charge in [-0.05, 0) is 12.5 Å². The molecule has 3 rings (SSSR count). The number of hydrogen-bond donors (Lipinski definition) is 2. The molecule has 1 aliphatic rings. The van der Waals surface area contributed by atoms with Gasteiger partial charge in [0.2, 0.25) is 0 Å². The molecular formula is C18H19N3S. The largest absolute Gasteiger partial charge is 0.362 e. The summed E-state index contributed by atoms with van der Waals surface area (Å²) in [6.45, 7) is 2.84. The zero-order valence-electron chi connectivity index (χ0n) is 12.5. The number of nitrogens with one attached hydrogen (secondary N) is 2. The van der Waals surface area contributed by atoms with E-state index in [4.69, 9.17) is 12.2 Å². The molecule has 0 aliphatic carbocycles. The monoisotopic (exact) mass is 309 g/mol. The Labute approximate surface area is 136 Å². The minimum Gasteiger partial charge on any atom is -0.362 e. The van der Waals surface area contributed by atoms with E-state index < -0.39 is 0 Å². The van der Waals surface area contributed by atoms with E-state index in [1.807, 2.05) is 12.1 Å². The number of nitrogens with zero attached hydrogens (tertiary/aromatic N) is 1. The number of benzene rings is 2. The zero-order chi connectivity index (χ0) is 15.4. The van der Waals surface area contributed by atoms with Crippen LogP contribution in [0.3, 0.4) is 0 Å². The van der Waals surface area contributed by atoms with Gasteiger partial charge in [0.25, 0.3) is 0 Å². The first-order valence-corrected chi connectivity index (χ1v) is 7.81. The fraction of sp³-hybridized carbons (Fsp3) is 0.167. The van der Waals surface area contributed by atoms with Gasteiger partial charge in [0, 0.05) is 23.2 Å². The van der Waals surface area contributed by atoms with Gasteiger partial charge >= 0.3 is 0 Å². The molecule has 1 atom stereocenters. The average Bonchev–Trinajstić information content (AvgIpc) is 2.90. The molecule has 2 N–H and O–H groups in total. The second-order valence-corrected chi connectivity index (χ2v) is 5.53. The number of thiocarbonyl (C=S) groups is 1. The van der Waals surface area contributed by atoms with Crippen molar-refractivity contribution in [3.8, 4) is 0 Å². The van der Waals surface area contributed by atoms with Crippen molar-refractivity contribution < 1.29 is 0 Å². The summed E-state index contributed by atoms with van der Waals surface area (Å²) in [5, 5.41) is 7.28. The third-order valence-electron chi connectivity index (χ3n) is 3.71. The molecule has 4 heteroatoms. The van der Waals surface area contributed by atoms with Crippen molar-refractivity contribution in [1.82, 2.24) is 15.8 Å². The molecule has 0 amide bonds. The lowest BCUT2D eigenvalue weighted by atomic mass is 10.1. The average molecular weight is 309 g/mol. The van der Waals surface area contributed by atoms with Gasteiger partial charge in [-0.15, -0.1) is 0 Å². The number of hydrazine groups is 1. The van der Waals surface area contributed by atoms with Crippen LogP contribution in [-0.4, -0.2) is 16.5 Å². The second-order valence-electron chi connectivity index (χ2n) is 5.26. The minimum absolute atomic E-state index is 0.0195. The molecule has 0 radical (unpaired) electrons. The first-order chi connectivity index (χ1) is 10.8. The summed E-state index contributed by atoms with van der Waals surface area (Å²) >= 11 is 5.18. The van der Waals surface area contributed by atoms with Gasteiger partial charge in [0.1, 0.15) is 6.17 Å². The van der Waals surface area contributed by atoms with E-state index in [2.05, 4.69) is 71.2 Å². The third-order valence-corrected chi connectivity index (χ3v) is 3.97. The maximum absolute atomic E-state index is 5.18. The highest BCUT2D eigenvalue weighted by atomic mass is 32.1. The molecule has 0 bridgehead atoms. The Balaban J connectivity index is 1.83. The quantitative estimate of drug-likeness (QED) is 0.829. The van der Waals surface area contributed by atoms with Gasteiger partial charge < -0.3 is 5.32 Å². The van der Waals surface area contributed by atoms with Crippen LogP contribution in [0.5, 0.6) is 0 Å². The van der Waals surface area contributed by atoms with Crippen LogP contribution >= 0.6 is 12.2 Å². The second kappa shape index (κ2) is 6.73. The van der Waals surface area contributed by atoms with Gasteiger partial charge in [0.15, 0.2) is 0 Å². The van der Waals surface area contributed by atoms with Crippen LogP contribution in [0.25, 0.3) is 5.70 Å². The van der Waals surface area contributed by atoms with Crippen LogP contribution in [0.1, 0.15) is 18.1 Å². The van der Waals surface area contributed by atoms with E-state index in [0.717, 1.165) is 17.9 Å². The van der Waals surface area contributed by atoms with Crippen LogP contribution in [0.2, 0.25) is 0 Å². The fourth-order valence-electron chi connectivity index (χ4n) is 2.67. The molecule has 2 aromatic carbocycles. The zero-order valence-corrected chi connectivity index (χ0v) is 13.3. The summed E-state index contributed by atoms with van der Waals surface area (Å²) in [5.41, 5.74) is 8.17. The summed E-state index contributed by atoms with van der Waals surface area (Å²) in [6.07, 6.45) is -0.0195. The standard InChI is InChI=1S/C18H19N3S/c1-14-18(16-10-6-3-7-11-16)21(17(13-22)20-14)19-12-15-8-4-2-5-9-15/h2-11,13,17,19-20H,12H2,1H3. The van der Waals surface area contributed by atoms with Crippen molar-refractivity contribution >= 4 is 23.3 Å². The predicted molar refractivity (Wildman–Crippen MR) is 94.7 cm³/mol. The van der Waals surface area contributed by atoms with E-state index >= 15 is 0 Å². The maximum atomic E-state index is 5.18. The molecule has 0 spiro atoms. The molecule has 1 aliphatic heterocycles. The lowest BCUT2D eigenvalue weighted by Gasteiger charge is -2.27. The molecule has 0 saturated carbocycles. The van der Waals surface area contributed by atoms with Crippen molar-refractivity contribution in [3.63, 3.8) is 0 Å². The Bertz CT molecular complexity index is 667. The highest BCUT2D eigenvalue weighted by Gasteiger charge is 2.28. The first kappa shape index (κ1) is 14.8. The van der Waals surface area contributed by atoms with Gasteiger partial charge in [-0.3, -0.25) is 5.01 Å². The van der Waals surface area contributed by atoms with E-state index in [-0.39, 0.29) is 6.17 Å². The number of hydrogen-bond acceptors (Lipinski definition) is 4. The van der Waals surface area contributed by atoms with Crippen LogP contribution in [0.15, 0.2) is 66.4 Å². The van der Waals surface area contributed by atoms with Crippen molar-refractivity contribution in [1.29, 1.82) is 0 Å². The van der Waals surface area contributed by atoms with Crippen molar-refractivity contribution in [2.24, 2.45) is 0 Å². The smallest absolute Gasteiger partial charge is 0.143 e. The van der Waals surface area contributed by atoms with Crippen molar-refractivity contribution in [2.75, 3.05) is 0 Å². The lowest BCUT2D eigenvalue weighted by Crippen LogP contribution is -2.46. The van der Waals surface area contributed by atoms with Crippen molar-refractivity contribution in [2.45, 2.75) is 19.6 Å². The Morgan fingerprint density at radius 2 is 1.73 bits per heavy atom. The molecule has 1 unspecified atom stereocenters. The topological polar surface area (TPSA) is 27.3 Å². The van der Waals surface area contributed by atoms with E-state index in [1.165, 1.54) is 11.1 Å². The summed E-state index contributed by atoms with van der Waals surface area (Å²) in [5.74, 6) is 0. The highest BCUT2D eigenvalue weighted by molar-refractivity contribution is 7.79. The van der Waals surface area contributed by atoms with Gasteiger partial charge in [-0.2, -0.15) is 0 Å². The van der Waals surface area contributed by atoms with Crippen LogP contribution in [0, 0.1) is 0 Å². The highest BCUT2D eigenvalue weighted by Crippen LogP contribution is 2.27. The van der Waals surface area contributed by atoms with Crippen LogP contribution in [-0.2, 0) is 6.54 Å². The molecule has 1 heterocycles. The van der Waals surface area contributed by atoms with E-state index in [1.54, 1.807) is 5.37 Å². The van der Waals surface area contributed by atoms with Crippen molar-refractivity contribution in [3.05, 3.63) is 77.5 Å². The third kappa shape index (κ3) is 3.03. The van der Waals surface area contributed by atoms with Crippen LogP contribution in [0.4, 0.5) is 0 Å². The lowest BCUT2D eigenvalue weighted by molar-refractivity contribution is 0.261. The van der Waals surface area contributed by atoms with Crippen LogP contribution < -0.4 is 10.7 Å². The minimum atomic E-state index is -0.0195. The number of rotatable bonds is 5. The fourth-order valence-corrected chi connectivity index (χ4v) is 2.86. The maximum Gasteiger partial charge on any atom is 0.143 e. The molecule has 0 fully saturated rings.